The number of ether oxygens (including phenoxy) is 1. The first-order chi connectivity index (χ1) is 9.17. The Balaban J connectivity index is 2.46. The molecule has 1 aromatic carbocycles. The number of carbonyl (C=O) groups excluding carboxylic acids is 1. The van der Waals surface area contributed by atoms with Crippen molar-refractivity contribution in [3.8, 4) is 5.75 Å². The summed E-state index contributed by atoms with van der Waals surface area (Å²) >= 11 is 0. The summed E-state index contributed by atoms with van der Waals surface area (Å²) in [5.41, 5.74) is 1.13. The summed E-state index contributed by atoms with van der Waals surface area (Å²) in [4.78, 5) is 12.0. The number of hydrogen-bond acceptors (Lipinski definition) is 3. The van der Waals surface area contributed by atoms with Gasteiger partial charge in [-0.3, -0.25) is 4.79 Å². The van der Waals surface area contributed by atoms with Crippen LogP contribution in [0.15, 0.2) is 24.3 Å². The number of carbonyl (C=O) groups is 1. The second-order valence-electron chi connectivity index (χ2n) is 4.58. The van der Waals surface area contributed by atoms with E-state index in [1.807, 2.05) is 45.2 Å². The second-order valence-corrected chi connectivity index (χ2v) is 4.58. The number of hydrogen-bond donors (Lipinski definition) is 2. The fourth-order valence-corrected chi connectivity index (χ4v) is 1.77. The monoisotopic (exact) mass is 264 g/mol. The van der Waals surface area contributed by atoms with E-state index in [1.54, 1.807) is 0 Å². The summed E-state index contributed by atoms with van der Waals surface area (Å²) in [5.74, 6) is 0.706. The van der Waals surface area contributed by atoms with Gasteiger partial charge in [-0.15, -0.1) is 0 Å². The van der Waals surface area contributed by atoms with Crippen molar-refractivity contribution in [1.82, 2.24) is 10.6 Å². The summed E-state index contributed by atoms with van der Waals surface area (Å²) < 4.78 is 5.74. The molecule has 19 heavy (non-hydrogen) atoms. The predicted molar refractivity (Wildman–Crippen MR) is 77.4 cm³/mol. The van der Waals surface area contributed by atoms with Crippen LogP contribution in [0.3, 0.4) is 0 Å². The third-order valence-electron chi connectivity index (χ3n) is 2.83. The van der Waals surface area contributed by atoms with Crippen LogP contribution in [0, 0.1) is 6.92 Å². The van der Waals surface area contributed by atoms with Crippen LogP contribution in [-0.2, 0) is 4.79 Å². The van der Waals surface area contributed by atoms with E-state index in [1.165, 1.54) is 0 Å². The first kappa shape index (κ1) is 15.5. The van der Waals surface area contributed by atoms with E-state index < -0.39 is 6.10 Å². The van der Waals surface area contributed by atoms with Gasteiger partial charge < -0.3 is 15.4 Å². The number of nitrogens with one attached hydrogen (secondary N) is 2. The average Bonchev–Trinajstić information content (AvgIpc) is 2.41. The highest BCUT2D eigenvalue weighted by Gasteiger charge is 2.17. The zero-order chi connectivity index (χ0) is 14.1. The molecule has 0 bridgehead atoms. The molecule has 0 spiro atoms. The molecule has 0 fully saturated rings. The van der Waals surface area contributed by atoms with Crippen LogP contribution in [0.5, 0.6) is 5.75 Å². The molecule has 1 rings (SSSR count). The average molecular weight is 264 g/mol. The topological polar surface area (TPSA) is 50.4 Å². The Hall–Kier alpha value is -1.55. The van der Waals surface area contributed by atoms with Crippen LogP contribution in [0.25, 0.3) is 0 Å². The van der Waals surface area contributed by atoms with E-state index in [-0.39, 0.29) is 5.91 Å². The quantitative estimate of drug-likeness (QED) is 0.705. The van der Waals surface area contributed by atoms with Gasteiger partial charge in [0, 0.05) is 6.54 Å². The van der Waals surface area contributed by atoms with Crippen LogP contribution in [0.2, 0.25) is 0 Å². The maximum atomic E-state index is 12.0. The molecule has 0 aliphatic heterocycles. The van der Waals surface area contributed by atoms with Gasteiger partial charge in [0.25, 0.3) is 5.91 Å². The van der Waals surface area contributed by atoms with Crippen molar-refractivity contribution in [2.75, 3.05) is 20.1 Å². The highest BCUT2D eigenvalue weighted by atomic mass is 16.5. The lowest BCUT2D eigenvalue weighted by Crippen LogP contribution is -2.39. The van der Waals surface area contributed by atoms with Crippen LogP contribution in [0.4, 0.5) is 0 Å². The molecule has 1 atom stereocenters. The molecule has 0 radical (unpaired) electrons. The van der Waals surface area contributed by atoms with Crippen molar-refractivity contribution >= 4 is 5.91 Å². The molecular weight excluding hydrogens is 240 g/mol. The van der Waals surface area contributed by atoms with Gasteiger partial charge in [-0.25, -0.2) is 0 Å². The number of benzene rings is 1. The van der Waals surface area contributed by atoms with Crippen LogP contribution >= 0.6 is 0 Å². The Morgan fingerprint density at radius 1 is 1.37 bits per heavy atom. The molecule has 1 aromatic rings. The van der Waals surface area contributed by atoms with E-state index in [9.17, 15) is 4.79 Å². The standard InChI is InChI=1S/C15H24N2O2/c1-4-14(15(18)17-10-6-9-16-3)19-13-8-5-7-12(2)11-13/h5,7-8,11,14,16H,4,6,9-10H2,1-3H3,(H,17,18). The Morgan fingerprint density at radius 3 is 2.79 bits per heavy atom. The Labute approximate surface area is 115 Å². The van der Waals surface area contributed by atoms with Crippen LogP contribution in [0.1, 0.15) is 25.3 Å². The molecule has 4 nitrogen and oxygen atoms in total. The molecule has 0 aliphatic rings. The van der Waals surface area contributed by atoms with Crippen molar-refractivity contribution in [2.24, 2.45) is 0 Å². The lowest BCUT2D eigenvalue weighted by Gasteiger charge is -2.17. The molecule has 4 heteroatoms. The Morgan fingerprint density at radius 2 is 2.16 bits per heavy atom. The van der Waals surface area contributed by atoms with E-state index in [4.69, 9.17) is 4.74 Å². The van der Waals surface area contributed by atoms with E-state index in [2.05, 4.69) is 10.6 Å². The third-order valence-corrected chi connectivity index (χ3v) is 2.83. The molecule has 106 valence electrons. The zero-order valence-corrected chi connectivity index (χ0v) is 12.0. The van der Waals surface area contributed by atoms with Gasteiger partial charge in [-0.2, -0.15) is 0 Å². The molecule has 0 saturated carbocycles. The maximum Gasteiger partial charge on any atom is 0.261 e. The van der Waals surface area contributed by atoms with Crippen LogP contribution in [-0.4, -0.2) is 32.1 Å². The Bertz CT molecular complexity index is 393. The highest BCUT2D eigenvalue weighted by molar-refractivity contribution is 5.81. The molecule has 0 heterocycles. The van der Waals surface area contributed by atoms with Gasteiger partial charge in [0.15, 0.2) is 6.10 Å². The lowest BCUT2D eigenvalue weighted by atomic mass is 10.2. The van der Waals surface area contributed by atoms with E-state index in [0.717, 1.165) is 24.3 Å². The summed E-state index contributed by atoms with van der Waals surface area (Å²) in [6.07, 6.45) is 1.16. The van der Waals surface area contributed by atoms with Crippen LogP contribution < -0.4 is 15.4 Å². The van der Waals surface area contributed by atoms with E-state index >= 15 is 0 Å². The fraction of sp³-hybridized carbons (Fsp3) is 0.533. The summed E-state index contributed by atoms with van der Waals surface area (Å²) in [6.45, 7) is 5.53. The summed E-state index contributed by atoms with van der Waals surface area (Å²) in [7, 11) is 1.90. The first-order valence-corrected chi connectivity index (χ1v) is 6.83. The second kappa shape index (κ2) is 8.53. The number of amides is 1. The normalized spacial score (nSPS) is 11.9. The van der Waals surface area contributed by atoms with Gasteiger partial charge in [0.2, 0.25) is 0 Å². The molecule has 0 aliphatic carbocycles. The highest BCUT2D eigenvalue weighted by Crippen LogP contribution is 2.15. The van der Waals surface area contributed by atoms with Crippen molar-refractivity contribution in [2.45, 2.75) is 32.8 Å². The van der Waals surface area contributed by atoms with Crippen molar-refractivity contribution in [3.05, 3.63) is 29.8 Å². The fourth-order valence-electron chi connectivity index (χ4n) is 1.77. The number of aryl methyl sites for hydroxylation is 1. The largest absolute Gasteiger partial charge is 0.481 e. The molecule has 1 amide bonds. The molecule has 0 aromatic heterocycles. The smallest absolute Gasteiger partial charge is 0.261 e. The molecular formula is C15H24N2O2. The summed E-state index contributed by atoms with van der Waals surface area (Å²) in [5, 5.41) is 5.95. The van der Waals surface area contributed by atoms with Crippen molar-refractivity contribution in [1.29, 1.82) is 0 Å². The third kappa shape index (κ3) is 5.75. The molecule has 0 saturated heterocycles. The van der Waals surface area contributed by atoms with Crippen molar-refractivity contribution in [3.63, 3.8) is 0 Å². The SMILES string of the molecule is CCC(Oc1cccc(C)c1)C(=O)NCCCNC. The minimum absolute atomic E-state index is 0.0416. The van der Waals surface area contributed by atoms with Gasteiger partial charge in [0.1, 0.15) is 5.75 Å². The van der Waals surface area contributed by atoms with Gasteiger partial charge in [-0.1, -0.05) is 19.1 Å². The van der Waals surface area contributed by atoms with Gasteiger partial charge in [-0.05, 0) is 51.1 Å². The minimum atomic E-state index is -0.420. The minimum Gasteiger partial charge on any atom is -0.481 e. The van der Waals surface area contributed by atoms with Gasteiger partial charge in [0.05, 0.1) is 0 Å². The van der Waals surface area contributed by atoms with Gasteiger partial charge >= 0.3 is 0 Å². The lowest BCUT2D eigenvalue weighted by molar-refractivity contribution is -0.128. The van der Waals surface area contributed by atoms with Crippen molar-refractivity contribution < 1.29 is 9.53 Å². The maximum absolute atomic E-state index is 12.0. The number of rotatable bonds is 8. The predicted octanol–water partition coefficient (Wildman–Crippen LogP) is 1.88. The summed E-state index contributed by atoms with van der Waals surface area (Å²) in [6, 6.07) is 7.76. The first-order valence-electron chi connectivity index (χ1n) is 6.83. The Kier molecular flexibility index (Phi) is 6.97. The zero-order valence-electron chi connectivity index (χ0n) is 12.0. The molecule has 2 N–H and O–H groups in total. The van der Waals surface area contributed by atoms with E-state index in [0.29, 0.717) is 13.0 Å². The molecule has 1 unspecified atom stereocenters.